The number of hydrogen-bond acceptors (Lipinski definition) is 11. The smallest absolute Gasteiger partial charge is 0.430 e. The van der Waals surface area contributed by atoms with E-state index in [0.29, 0.717) is 5.92 Å². The van der Waals surface area contributed by atoms with Gasteiger partial charge in [0.2, 0.25) is 12.9 Å². The first-order chi connectivity index (χ1) is 16.6. The normalized spacial score (nSPS) is 15.9. The van der Waals surface area contributed by atoms with E-state index in [1.165, 1.54) is 6.07 Å². The van der Waals surface area contributed by atoms with E-state index in [4.69, 9.17) is 15.1 Å². The third-order valence-electron chi connectivity index (χ3n) is 4.45. The number of halogens is 4. The van der Waals surface area contributed by atoms with Crippen molar-refractivity contribution in [3.8, 4) is 5.75 Å². The Balaban J connectivity index is 0.000000941. The van der Waals surface area contributed by atoms with E-state index in [2.05, 4.69) is 56.5 Å². The molecule has 36 heavy (non-hydrogen) atoms. The SMILES string of the molecule is CNC(CO)CC(C)C.NOCOC(=O)C1=Cc2cc(Br)cc(C(O)(O)O)c2OC1C(F)(F)F.[NH3+]O. The molecule has 0 saturated heterocycles. The minimum absolute atomic E-state index is 0.132. The quantitative estimate of drug-likeness (QED) is 0.113. The number of benzene rings is 1. The van der Waals surface area contributed by atoms with Gasteiger partial charge in [0.15, 0.2) is 0 Å². The van der Waals surface area contributed by atoms with Gasteiger partial charge in [-0.25, -0.2) is 21.8 Å². The van der Waals surface area contributed by atoms with Crippen LogP contribution in [0.4, 0.5) is 13.2 Å². The number of nitrogens with one attached hydrogen (secondary N) is 1. The van der Waals surface area contributed by atoms with Crippen LogP contribution in [0.3, 0.4) is 0 Å². The molecule has 2 unspecified atom stereocenters. The van der Waals surface area contributed by atoms with E-state index in [9.17, 15) is 33.3 Å². The Hall–Kier alpha value is -1.86. The summed E-state index contributed by atoms with van der Waals surface area (Å²) in [4.78, 5) is 15.8. The Labute approximate surface area is 213 Å². The minimum atomic E-state index is -5.04. The van der Waals surface area contributed by atoms with Crippen LogP contribution < -0.4 is 21.8 Å². The minimum Gasteiger partial charge on any atom is -0.475 e. The second-order valence-electron chi connectivity index (χ2n) is 7.66. The molecule has 1 aliphatic heterocycles. The fourth-order valence-corrected chi connectivity index (χ4v) is 3.44. The fourth-order valence-electron chi connectivity index (χ4n) is 2.96. The summed E-state index contributed by atoms with van der Waals surface area (Å²) in [6.07, 6.45) is -5.98. The molecular weight excluding hydrogens is 563 g/mol. The van der Waals surface area contributed by atoms with Gasteiger partial charge in [-0.3, -0.25) is 4.84 Å². The first-order valence-electron chi connectivity index (χ1n) is 10.2. The number of fused-ring (bicyclic) bond motifs is 1. The molecule has 0 aliphatic carbocycles. The molecule has 1 aromatic carbocycles. The lowest BCUT2D eigenvalue weighted by atomic mass is 9.98. The molecule has 0 amide bonds. The number of aliphatic hydroxyl groups is 4. The maximum absolute atomic E-state index is 13.2. The second-order valence-corrected chi connectivity index (χ2v) is 8.58. The van der Waals surface area contributed by atoms with Crippen LogP contribution in [0.1, 0.15) is 31.4 Å². The summed E-state index contributed by atoms with van der Waals surface area (Å²) in [6.45, 7) is 3.76. The molecule has 0 fully saturated rings. The van der Waals surface area contributed by atoms with Gasteiger partial charge in [-0.15, -0.1) is 0 Å². The summed E-state index contributed by atoms with van der Waals surface area (Å²) < 4.78 is 49.1. The lowest BCUT2D eigenvalue weighted by Crippen LogP contribution is -2.42. The molecule has 12 nitrogen and oxygen atoms in total. The van der Waals surface area contributed by atoms with Crippen molar-refractivity contribution < 1.29 is 63.8 Å². The van der Waals surface area contributed by atoms with Crippen LogP contribution in [0, 0.1) is 5.92 Å². The summed E-state index contributed by atoms with van der Waals surface area (Å²) in [5, 5.41) is 46.5. The highest BCUT2D eigenvalue weighted by atomic mass is 79.9. The van der Waals surface area contributed by atoms with Crippen molar-refractivity contribution in [1.82, 2.24) is 5.32 Å². The molecule has 1 aromatic rings. The highest BCUT2D eigenvalue weighted by molar-refractivity contribution is 9.10. The van der Waals surface area contributed by atoms with E-state index < -0.39 is 47.9 Å². The number of ether oxygens (including phenoxy) is 2. The first-order valence-corrected chi connectivity index (χ1v) is 11.0. The molecule has 11 N–H and O–H groups in total. The Bertz CT molecular complexity index is 861. The van der Waals surface area contributed by atoms with Crippen molar-refractivity contribution in [2.75, 3.05) is 20.4 Å². The van der Waals surface area contributed by atoms with Gasteiger partial charge in [-0.05, 0) is 37.6 Å². The molecule has 208 valence electrons. The maximum atomic E-state index is 13.2. The summed E-state index contributed by atoms with van der Waals surface area (Å²) >= 11 is 2.99. The van der Waals surface area contributed by atoms with Crippen LogP contribution in [-0.2, 0) is 20.3 Å². The highest BCUT2D eigenvalue weighted by Crippen LogP contribution is 2.42. The zero-order valence-corrected chi connectivity index (χ0v) is 21.3. The number of esters is 1. The molecule has 2 atom stereocenters. The molecular formula is C20H32BrF3N3O9+. The van der Waals surface area contributed by atoms with Crippen molar-refractivity contribution in [3.05, 3.63) is 33.3 Å². The van der Waals surface area contributed by atoms with E-state index >= 15 is 0 Å². The summed E-state index contributed by atoms with van der Waals surface area (Å²) in [5.41, 5.74) is -1.80. The van der Waals surface area contributed by atoms with Gasteiger partial charge in [-0.1, -0.05) is 29.8 Å². The summed E-state index contributed by atoms with van der Waals surface area (Å²) in [7, 11) is 1.88. The monoisotopic (exact) mass is 594 g/mol. The van der Waals surface area contributed by atoms with Gasteiger partial charge in [0.05, 0.1) is 17.7 Å². The number of likely N-dealkylation sites (N-methyl/N-ethyl adjacent to an activating group) is 1. The maximum Gasteiger partial charge on any atom is 0.430 e. The standard InChI is InChI=1S/C13H11BrF3NO7.C7H17NO.H4NO/c14-6-1-5-2-7(11(19)23-4-24-18)10(12(15,16)17)25-9(5)8(3-6)13(20,21)22;1-6(2)4-7(5-9)8-3;1-2/h1-3,10,20-22H,4,18H2;6-9H,4-5H2,1-3H3;2H,1H3/q;;+1. The molecule has 16 heteroatoms. The van der Waals surface area contributed by atoms with E-state index in [0.717, 1.165) is 18.6 Å². The van der Waals surface area contributed by atoms with Crippen LogP contribution in [0.2, 0.25) is 0 Å². The van der Waals surface area contributed by atoms with Gasteiger partial charge in [0.1, 0.15) is 5.75 Å². The molecule has 0 radical (unpaired) electrons. The van der Waals surface area contributed by atoms with Crippen molar-refractivity contribution in [1.29, 1.82) is 0 Å². The highest BCUT2D eigenvalue weighted by Gasteiger charge is 2.50. The lowest BCUT2D eigenvalue weighted by molar-refractivity contribution is -0.670. The van der Waals surface area contributed by atoms with Crippen molar-refractivity contribution in [3.63, 3.8) is 0 Å². The number of rotatable bonds is 8. The molecule has 2 rings (SSSR count). The van der Waals surface area contributed by atoms with Gasteiger partial charge < -0.3 is 35.2 Å². The molecule has 1 aliphatic rings. The zero-order valence-electron chi connectivity index (χ0n) is 19.8. The van der Waals surface area contributed by atoms with Crippen molar-refractivity contribution in [2.45, 2.75) is 44.6 Å². The topological polar surface area (TPSA) is 212 Å². The van der Waals surface area contributed by atoms with Gasteiger partial charge in [-0.2, -0.15) is 13.2 Å². The molecule has 0 saturated carbocycles. The Morgan fingerprint density at radius 2 is 1.86 bits per heavy atom. The fraction of sp³-hybridized carbons (Fsp3) is 0.550. The van der Waals surface area contributed by atoms with E-state index in [-0.39, 0.29) is 22.7 Å². The number of alkyl halides is 3. The number of aliphatic hydroxyl groups excluding tert-OH is 1. The average Bonchev–Trinajstić information content (AvgIpc) is 2.79. The average molecular weight is 595 g/mol. The Morgan fingerprint density at radius 3 is 2.25 bits per heavy atom. The largest absolute Gasteiger partial charge is 0.475 e. The number of carbonyl (C=O) groups is 1. The van der Waals surface area contributed by atoms with E-state index in [1.807, 2.05) is 7.05 Å². The van der Waals surface area contributed by atoms with Crippen LogP contribution in [0.25, 0.3) is 6.08 Å². The van der Waals surface area contributed by atoms with Crippen LogP contribution in [0.5, 0.6) is 5.75 Å². The first kappa shape index (κ1) is 34.1. The lowest BCUT2D eigenvalue weighted by Gasteiger charge is -2.30. The Morgan fingerprint density at radius 1 is 1.28 bits per heavy atom. The number of hydrogen-bond donors (Lipinski definition) is 8. The van der Waals surface area contributed by atoms with Crippen molar-refractivity contribution >= 4 is 28.0 Å². The Kier molecular flexibility index (Phi) is 14.6. The van der Waals surface area contributed by atoms with Crippen LogP contribution in [-0.4, -0.2) is 70.4 Å². The van der Waals surface area contributed by atoms with Gasteiger partial charge in [0.25, 0.3) is 0 Å². The zero-order chi connectivity index (χ0) is 28.3. The summed E-state index contributed by atoms with van der Waals surface area (Å²) in [5.74, 6) is 2.03. The van der Waals surface area contributed by atoms with E-state index in [1.54, 1.807) is 0 Å². The third kappa shape index (κ3) is 10.6. The molecule has 0 bridgehead atoms. The predicted octanol–water partition coefficient (Wildman–Crippen LogP) is -0.136. The summed E-state index contributed by atoms with van der Waals surface area (Å²) in [6, 6.07) is 2.47. The van der Waals surface area contributed by atoms with Gasteiger partial charge in [0, 0.05) is 16.1 Å². The van der Waals surface area contributed by atoms with Crippen LogP contribution >= 0.6 is 15.9 Å². The molecule has 0 spiro atoms. The predicted molar refractivity (Wildman–Crippen MR) is 121 cm³/mol. The molecule has 1 heterocycles. The second kappa shape index (κ2) is 15.4. The number of quaternary nitrogens is 1. The van der Waals surface area contributed by atoms with Gasteiger partial charge >= 0.3 is 18.1 Å². The molecule has 0 aromatic heterocycles. The number of nitrogens with two attached hydrogens (primary N) is 1. The van der Waals surface area contributed by atoms with Crippen molar-refractivity contribution in [2.24, 2.45) is 11.8 Å². The van der Waals surface area contributed by atoms with Crippen LogP contribution in [0.15, 0.2) is 22.2 Å². The third-order valence-corrected chi connectivity index (χ3v) is 4.91. The number of carbonyl (C=O) groups excluding carboxylic acids is 1.